The van der Waals surface area contributed by atoms with Crippen LogP contribution in [0.5, 0.6) is 11.5 Å². The number of anilines is 1. The van der Waals surface area contributed by atoms with Crippen molar-refractivity contribution in [3.63, 3.8) is 0 Å². The van der Waals surface area contributed by atoms with E-state index in [1.54, 1.807) is 0 Å². The zero-order chi connectivity index (χ0) is 13.9. The number of rotatable bonds is 3. The number of halogens is 1. The predicted molar refractivity (Wildman–Crippen MR) is 85.3 cm³/mol. The van der Waals surface area contributed by atoms with E-state index in [1.165, 1.54) is 0 Å². The minimum atomic E-state index is 0.576. The monoisotopic (exact) mass is 383 g/mol. The fraction of sp³-hybridized carbons (Fsp3) is 0.286. The smallest absolute Gasteiger partial charge is 0.162 e. The normalized spacial score (nSPS) is 13.1. The fourth-order valence-corrected chi connectivity index (χ4v) is 2.43. The topological polar surface area (TPSA) is 56.3 Å². The van der Waals surface area contributed by atoms with Crippen molar-refractivity contribution in [3.8, 4) is 22.9 Å². The lowest BCUT2D eigenvalue weighted by Gasteiger charge is -2.18. The van der Waals surface area contributed by atoms with E-state index in [1.807, 2.05) is 31.3 Å². The van der Waals surface area contributed by atoms with E-state index in [0.717, 1.165) is 33.0 Å². The van der Waals surface area contributed by atoms with Gasteiger partial charge in [-0.15, -0.1) is 0 Å². The molecule has 6 heteroatoms. The molecule has 0 spiro atoms. The molecule has 1 aliphatic rings. The van der Waals surface area contributed by atoms with Crippen LogP contribution in [0, 0.1) is 3.57 Å². The van der Waals surface area contributed by atoms with Crippen LogP contribution in [-0.2, 0) is 0 Å². The fourth-order valence-electron chi connectivity index (χ4n) is 1.98. The van der Waals surface area contributed by atoms with E-state index in [2.05, 4.69) is 37.9 Å². The first-order chi connectivity index (χ1) is 9.78. The van der Waals surface area contributed by atoms with Gasteiger partial charge in [0.2, 0.25) is 0 Å². The van der Waals surface area contributed by atoms with Crippen LogP contribution in [0.2, 0.25) is 0 Å². The maximum absolute atomic E-state index is 5.59. The summed E-state index contributed by atoms with van der Waals surface area (Å²) >= 11 is 2.22. The van der Waals surface area contributed by atoms with Gasteiger partial charge in [-0.3, -0.25) is 0 Å². The van der Waals surface area contributed by atoms with Crippen molar-refractivity contribution in [3.05, 3.63) is 28.0 Å². The summed E-state index contributed by atoms with van der Waals surface area (Å²) in [5.74, 6) is 3.06. The molecule has 0 aliphatic carbocycles. The zero-order valence-corrected chi connectivity index (χ0v) is 13.2. The minimum absolute atomic E-state index is 0.576. The number of nitrogens with zero attached hydrogens (tertiary/aromatic N) is 2. The van der Waals surface area contributed by atoms with Crippen LogP contribution in [0.1, 0.15) is 6.92 Å². The predicted octanol–water partition coefficient (Wildman–Crippen LogP) is 2.95. The Labute approximate surface area is 130 Å². The van der Waals surface area contributed by atoms with Gasteiger partial charge in [0.05, 0.1) is 3.57 Å². The van der Waals surface area contributed by atoms with Crippen molar-refractivity contribution in [2.45, 2.75) is 6.92 Å². The second-order valence-electron chi connectivity index (χ2n) is 4.28. The minimum Gasteiger partial charge on any atom is -0.486 e. The Morgan fingerprint density at radius 1 is 1.25 bits per heavy atom. The van der Waals surface area contributed by atoms with Crippen LogP contribution >= 0.6 is 22.6 Å². The highest BCUT2D eigenvalue weighted by molar-refractivity contribution is 14.1. The molecule has 0 atom stereocenters. The van der Waals surface area contributed by atoms with Crippen molar-refractivity contribution in [1.29, 1.82) is 0 Å². The Morgan fingerprint density at radius 3 is 2.85 bits per heavy atom. The Bertz CT molecular complexity index is 634. The number of nitrogens with one attached hydrogen (secondary N) is 1. The molecule has 1 aromatic carbocycles. The number of aromatic nitrogens is 2. The summed E-state index contributed by atoms with van der Waals surface area (Å²) in [6.45, 7) is 4.04. The Kier molecular flexibility index (Phi) is 3.90. The first-order valence-electron chi connectivity index (χ1n) is 6.44. The van der Waals surface area contributed by atoms with Crippen molar-refractivity contribution in [1.82, 2.24) is 9.97 Å². The molecule has 0 saturated heterocycles. The first kappa shape index (κ1) is 13.4. The number of benzene rings is 1. The highest BCUT2D eigenvalue weighted by atomic mass is 127. The van der Waals surface area contributed by atoms with Crippen LogP contribution in [0.3, 0.4) is 0 Å². The molecule has 0 fully saturated rings. The van der Waals surface area contributed by atoms with E-state index in [9.17, 15) is 0 Å². The summed E-state index contributed by atoms with van der Waals surface area (Å²) in [5.41, 5.74) is 0.921. The lowest BCUT2D eigenvalue weighted by Crippen LogP contribution is -2.15. The average Bonchev–Trinajstić information content (AvgIpc) is 2.49. The highest BCUT2D eigenvalue weighted by Crippen LogP contribution is 2.33. The van der Waals surface area contributed by atoms with Crippen LogP contribution in [0.15, 0.2) is 24.4 Å². The molecule has 3 rings (SSSR count). The van der Waals surface area contributed by atoms with Gasteiger partial charge >= 0.3 is 0 Å². The lowest BCUT2D eigenvalue weighted by molar-refractivity contribution is 0.171. The van der Waals surface area contributed by atoms with Gasteiger partial charge in [0.15, 0.2) is 17.3 Å². The van der Waals surface area contributed by atoms with Crippen LogP contribution in [0.4, 0.5) is 5.82 Å². The molecule has 2 aromatic rings. The third-order valence-corrected chi connectivity index (χ3v) is 3.68. The zero-order valence-electron chi connectivity index (χ0n) is 11.0. The van der Waals surface area contributed by atoms with Crippen molar-refractivity contribution in [2.24, 2.45) is 0 Å². The average molecular weight is 383 g/mol. The number of hydrogen-bond donors (Lipinski definition) is 1. The summed E-state index contributed by atoms with van der Waals surface area (Å²) in [6.07, 6.45) is 1.82. The van der Waals surface area contributed by atoms with Gasteiger partial charge in [-0.25, -0.2) is 9.97 Å². The number of fused-ring (bicyclic) bond motifs is 1. The molecule has 104 valence electrons. The Morgan fingerprint density at radius 2 is 2.05 bits per heavy atom. The van der Waals surface area contributed by atoms with Crippen molar-refractivity contribution >= 4 is 28.4 Å². The molecule has 1 aromatic heterocycles. The van der Waals surface area contributed by atoms with E-state index < -0.39 is 0 Å². The van der Waals surface area contributed by atoms with Gasteiger partial charge in [0.25, 0.3) is 0 Å². The van der Waals surface area contributed by atoms with Crippen molar-refractivity contribution in [2.75, 3.05) is 25.1 Å². The second-order valence-corrected chi connectivity index (χ2v) is 5.44. The van der Waals surface area contributed by atoms with Crippen LogP contribution < -0.4 is 14.8 Å². The first-order valence-corrected chi connectivity index (χ1v) is 7.52. The van der Waals surface area contributed by atoms with Gasteiger partial charge in [-0.2, -0.15) is 0 Å². The molecule has 0 saturated carbocycles. The summed E-state index contributed by atoms with van der Waals surface area (Å²) in [4.78, 5) is 8.94. The lowest BCUT2D eigenvalue weighted by atomic mass is 10.2. The van der Waals surface area contributed by atoms with E-state index in [0.29, 0.717) is 19.0 Å². The Balaban J connectivity index is 1.98. The van der Waals surface area contributed by atoms with Gasteiger partial charge in [-0.05, 0) is 47.7 Å². The summed E-state index contributed by atoms with van der Waals surface area (Å²) in [6, 6.07) is 5.77. The summed E-state index contributed by atoms with van der Waals surface area (Å²) < 4.78 is 12.1. The molecule has 0 unspecified atom stereocenters. The second kappa shape index (κ2) is 5.82. The van der Waals surface area contributed by atoms with E-state index in [4.69, 9.17) is 9.47 Å². The van der Waals surface area contributed by atoms with Gasteiger partial charge in [-0.1, -0.05) is 0 Å². The molecule has 0 radical (unpaired) electrons. The van der Waals surface area contributed by atoms with E-state index >= 15 is 0 Å². The molecular weight excluding hydrogens is 369 g/mol. The van der Waals surface area contributed by atoms with Crippen LogP contribution in [-0.4, -0.2) is 29.7 Å². The summed E-state index contributed by atoms with van der Waals surface area (Å²) in [7, 11) is 0. The molecular formula is C14H14IN3O2. The molecule has 5 nitrogen and oxygen atoms in total. The largest absolute Gasteiger partial charge is 0.486 e. The maximum atomic E-state index is 5.59. The number of ether oxygens (including phenoxy) is 2. The molecule has 1 N–H and O–H groups in total. The van der Waals surface area contributed by atoms with Gasteiger partial charge < -0.3 is 14.8 Å². The molecule has 2 heterocycles. The van der Waals surface area contributed by atoms with Crippen LogP contribution in [0.25, 0.3) is 11.4 Å². The van der Waals surface area contributed by atoms with Crippen molar-refractivity contribution < 1.29 is 9.47 Å². The highest BCUT2D eigenvalue weighted by Gasteiger charge is 2.14. The van der Waals surface area contributed by atoms with Gasteiger partial charge in [0, 0.05) is 18.3 Å². The third-order valence-electron chi connectivity index (χ3n) is 2.89. The molecule has 0 amide bonds. The van der Waals surface area contributed by atoms with Gasteiger partial charge in [0.1, 0.15) is 19.0 Å². The standard InChI is InChI=1S/C14H14IN3O2/c1-2-16-14-10(15)8-17-13(18-14)9-3-4-11-12(7-9)20-6-5-19-11/h3-4,7-8H,2,5-6H2,1H3,(H,16,17,18). The maximum Gasteiger partial charge on any atom is 0.162 e. The number of hydrogen-bond acceptors (Lipinski definition) is 5. The Hall–Kier alpha value is -1.57. The molecule has 0 bridgehead atoms. The van der Waals surface area contributed by atoms with E-state index in [-0.39, 0.29) is 0 Å². The molecule has 20 heavy (non-hydrogen) atoms. The summed E-state index contributed by atoms with van der Waals surface area (Å²) in [5, 5.41) is 3.23. The molecule has 1 aliphatic heterocycles. The third kappa shape index (κ3) is 2.65. The SMILES string of the molecule is CCNc1nc(-c2ccc3c(c2)OCCO3)ncc1I. The quantitative estimate of drug-likeness (QED) is 0.827.